The summed E-state index contributed by atoms with van der Waals surface area (Å²) in [5.41, 5.74) is 1.86. The molecule has 0 amide bonds. The highest BCUT2D eigenvalue weighted by Gasteiger charge is 2.61. The summed E-state index contributed by atoms with van der Waals surface area (Å²) >= 11 is 3.44. The zero-order chi connectivity index (χ0) is 30.3. The number of piperidine rings is 1. The molecule has 0 saturated carbocycles. The van der Waals surface area contributed by atoms with Crippen molar-refractivity contribution in [2.24, 2.45) is 0 Å². The number of aliphatic hydroxyl groups excluding tert-OH is 1. The lowest BCUT2D eigenvalue weighted by atomic mass is 9.77. The van der Waals surface area contributed by atoms with Crippen molar-refractivity contribution in [2.45, 2.75) is 81.1 Å². The van der Waals surface area contributed by atoms with Crippen molar-refractivity contribution in [3.63, 3.8) is 0 Å². The highest BCUT2D eigenvalue weighted by atomic mass is 79.9. The van der Waals surface area contributed by atoms with Crippen molar-refractivity contribution in [1.29, 1.82) is 0 Å². The molecule has 1 fully saturated rings. The molecule has 11 heteroatoms. The van der Waals surface area contributed by atoms with Crippen molar-refractivity contribution in [3.8, 4) is 0 Å². The molecule has 41 heavy (non-hydrogen) atoms. The molecule has 3 aromatic carbocycles. The Labute approximate surface area is 251 Å². The van der Waals surface area contributed by atoms with Gasteiger partial charge >= 0.3 is 0 Å². The fourth-order valence-corrected chi connectivity index (χ4v) is 8.36. The maximum absolute atomic E-state index is 14.3. The van der Waals surface area contributed by atoms with Crippen LogP contribution in [0.4, 0.5) is 0 Å². The Kier molecular flexibility index (Phi) is 8.99. The van der Waals surface area contributed by atoms with E-state index < -0.39 is 53.6 Å². The fourth-order valence-electron chi connectivity index (χ4n) is 5.12. The fraction of sp³-hybridized carbons (Fsp3) is 0.400. The summed E-state index contributed by atoms with van der Waals surface area (Å²) in [5.74, 6) is -0.947. The van der Waals surface area contributed by atoms with E-state index in [4.69, 9.17) is 4.43 Å². The van der Waals surface area contributed by atoms with Crippen molar-refractivity contribution in [2.75, 3.05) is 0 Å². The van der Waals surface area contributed by atoms with Gasteiger partial charge in [0.05, 0.1) is 16.9 Å². The maximum atomic E-state index is 14.3. The summed E-state index contributed by atoms with van der Waals surface area (Å²) in [6.07, 6.45) is -2.90. The lowest BCUT2D eigenvalue weighted by molar-refractivity contribution is -0.543. The summed E-state index contributed by atoms with van der Waals surface area (Å²) in [5, 5.41) is 24.9. The number of halogens is 1. The molecule has 0 radical (unpaired) electrons. The van der Waals surface area contributed by atoms with E-state index in [9.17, 15) is 23.6 Å². The Morgan fingerprint density at radius 3 is 2.02 bits per heavy atom. The van der Waals surface area contributed by atoms with Gasteiger partial charge in [-0.05, 0) is 60.4 Å². The molecular weight excluding hydrogens is 624 g/mol. The molecule has 0 unspecified atom stereocenters. The van der Waals surface area contributed by atoms with Crippen LogP contribution in [0.2, 0.25) is 18.1 Å². The van der Waals surface area contributed by atoms with Crippen LogP contribution >= 0.6 is 15.9 Å². The van der Waals surface area contributed by atoms with Crippen molar-refractivity contribution >= 4 is 34.3 Å². The Morgan fingerprint density at radius 2 is 1.51 bits per heavy atom. The summed E-state index contributed by atoms with van der Waals surface area (Å²) in [6, 6.07) is 19.1. The highest BCUT2D eigenvalue weighted by Crippen LogP contribution is 2.49. The van der Waals surface area contributed by atoms with Gasteiger partial charge in [0.15, 0.2) is 8.32 Å². The molecule has 1 heterocycles. The van der Waals surface area contributed by atoms with E-state index in [2.05, 4.69) is 15.9 Å². The first-order valence-electron chi connectivity index (χ1n) is 13.5. The number of aryl methyl sites for hydroxylation is 1. The van der Waals surface area contributed by atoms with Crippen molar-refractivity contribution in [1.82, 2.24) is 4.31 Å². The highest BCUT2D eigenvalue weighted by molar-refractivity contribution is 9.10. The third-order valence-electron chi connectivity index (χ3n) is 8.35. The molecule has 220 valence electrons. The number of hydrogen-bond acceptors (Lipinski definition) is 6. The van der Waals surface area contributed by atoms with Gasteiger partial charge in [-0.2, -0.15) is 4.31 Å². The first-order chi connectivity index (χ1) is 19.1. The molecule has 4 rings (SSSR count). The van der Waals surface area contributed by atoms with Gasteiger partial charge in [-0.15, -0.1) is 0 Å². The monoisotopic (exact) mass is 660 g/mol. The van der Waals surface area contributed by atoms with Crippen LogP contribution in [0.3, 0.4) is 0 Å². The third kappa shape index (κ3) is 6.20. The van der Waals surface area contributed by atoms with Crippen LogP contribution in [0, 0.1) is 17.0 Å². The number of rotatable bonds is 7. The van der Waals surface area contributed by atoms with Crippen molar-refractivity contribution < 1.29 is 22.9 Å². The van der Waals surface area contributed by atoms with Gasteiger partial charge in [0.2, 0.25) is 16.1 Å². The lowest BCUT2D eigenvalue weighted by Crippen LogP contribution is -2.65. The number of aliphatic hydroxyl groups is 1. The van der Waals surface area contributed by atoms with E-state index in [0.717, 1.165) is 14.3 Å². The second-order valence-electron chi connectivity index (χ2n) is 12.1. The standard InChI is InChI=1S/C30H37BrN2O6SSi/c1-20-12-18-24(19-13-20)40(37,38)32-26(22-10-8-7-9-11-22)27(33(35)36)25(21-14-16-23(31)17-15-21)28(29(32)34)39-41(5,6)30(2,3)4/h7-19,25-29,34H,1-6H3/t25-,26-,27-,28-,29+/m0/s1. The number of benzene rings is 3. The van der Waals surface area contributed by atoms with Crippen LogP contribution in [0.5, 0.6) is 0 Å². The summed E-state index contributed by atoms with van der Waals surface area (Å²) < 4.78 is 37.2. The second kappa shape index (κ2) is 11.7. The smallest absolute Gasteiger partial charge is 0.246 e. The number of nitrogens with zero attached hydrogens (tertiary/aromatic N) is 2. The zero-order valence-corrected chi connectivity index (χ0v) is 27.5. The van der Waals surface area contributed by atoms with Gasteiger partial charge in [0.25, 0.3) is 0 Å². The van der Waals surface area contributed by atoms with Gasteiger partial charge in [0.1, 0.15) is 12.3 Å². The average Bonchev–Trinajstić information content (AvgIpc) is 2.89. The second-order valence-corrected chi connectivity index (χ2v) is 19.6. The SMILES string of the molecule is Cc1ccc(S(=O)(=O)N2[C@H](O)[C@@H](O[Si](C)(C)C(C)(C)C)[C@@H](c3ccc(Br)cc3)[C@H]([N+](=O)[O-])[C@@H]2c2ccccc2)cc1. The van der Waals surface area contributed by atoms with E-state index in [1.165, 1.54) is 12.1 Å². The molecule has 3 aromatic rings. The molecule has 1 aliphatic rings. The molecule has 1 saturated heterocycles. The quantitative estimate of drug-likeness (QED) is 0.173. The van der Waals surface area contributed by atoms with Crippen LogP contribution in [-0.2, 0) is 14.4 Å². The van der Waals surface area contributed by atoms with Crippen LogP contribution in [0.1, 0.15) is 49.4 Å². The van der Waals surface area contributed by atoms with Crippen molar-refractivity contribution in [3.05, 3.63) is 110 Å². The minimum absolute atomic E-state index is 0.0571. The van der Waals surface area contributed by atoms with Gasteiger partial charge < -0.3 is 9.53 Å². The molecular formula is C30H37BrN2O6SSi. The largest absolute Gasteiger partial charge is 0.409 e. The Morgan fingerprint density at radius 1 is 0.951 bits per heavy atom. The Hall–Kier alpha value is -2.41. The van der Waals surface area contributed by atoms with Gasteiger partial charge in [-0.25, -0.2) is 8.42 Å². The van der Waals surface area contributed by atoms with E-state index in [1.807, 2.05) is 40.8 Å². The average molecular weight is 662 g/mol. The molecule has 0 spiro atoms. The molecule has 1 N–H and O–H groups in total. The Bertz CT molecular complexity index is 1480. The summed E-state index contributed by atoms with van der Waals surface area (Å²) in [7, 11) is -7.10. The first-order valence-corrected chi connectivity index (χ1v) is 18.6. The zero-order valence-electron chi connectivity index (χ0n) is 24.1. The van der Waals surface area contributed by atoms with Crippen LogP contribution in [0.15, 0.2) is 88.2 Å². The number of nitro groups is 1. The summed E-state index contributed by atoms with van der Waals surface area (Å²) in [6.45, 7) is 11.9. The van der Waals surface area contributed by atoms with Gasteiger partial charge in [0, 0.05) is 9.40 Å². The third-order valence-corrected chi connectivity index (χ3v) is 15.2. The summed E-state index contributed by atoms with van der Waals surface area (Å²) in [4.78, 5) is 12.6. The maximum Gasteiger partial charge on any atom is 0.246 e. The minimum atomic E-state index is -4.42. The molecule has 0 bridgehead atoms. The van der Waals surface area contributed by atoms with Gasteiger partial charge in [-0.3, -0.25) is 10.1 Å². The van der Waals surface area contributed by atoms with Crippen LogP contribution in [0.25, 0.3) is 0 Å². The normalized spacial score (nSPS) is 24.2. The van der Waals surface area contributed by atoms with E-state index >= 15 is 0 Å². The van der Waals surface area contributed by atoms with E-state index in [0.29, 0.717) is 11.1 Å². The molecule has 8 nitrogen and oxygen atoms in total. The van der Waals surface area contributed by atoms with E-state index in [-0.39, 0.29) is 9.93 Å². The lowest BCUT2D eigenvalue weighted by Gasteiger charge is -2.50. The molecule has 0 aromatic heterocycles. The molecule has 5 atom stereocenters. The number of sulfonamides is 1. The molecule has 1 aliphatic heterocycles. The van der Waals surface area contributed by atoms with Gasteiger partial charge in [-0.1, -0.05) is 96.9 Å². The van der Waals surface area contributed by atoms with Crippen LogP contribution in [-0.4, -0.2) is 49.4 Å². The Balaban J connectivity index is 2.02. The molecule has 0 aliphatic carbocycles. The van der Waals surface area contributed by atoms with Crippen LogP contribution < -0.4 is 0 Å². The predicted octanol–water partition coefficient (Wildman–Crippen LogP) is 6.64. The minimum Gasteiger partial charge on any atom is -0.409 e. The topological polar surface area (TPSA) is 110 Å². The predicted molar refractivity (Wildman–Crippen MR) is 165 cm³/mol. The van der Waals surface area contributed by atoms with E-state index in [1.54, 1.807) is 66.7 Å². The first kappa shape index (κ1) is 31.5. The number of hydrogen-bond donors (Lipinski definition) is 1.